The second kappa shape index (κ2) is 6.65. The molecule has 0 fully saturated rings. The molecule has 2 N–H and O–H groups in total. The van der Waals surface area contributed by atoms with Crippen LogP contribution in [0.15, 0.2) is 42.5 Å². The van der Waals surface area contributed by atoms with Crippen molar-refractivity contribution < 1.29 is 24.5 Å². The maximum absolute atomic E-state index is 10.8. The van der Waals surface area contributed by atoms with Crippen molar-refractivity contribution in [1.82, 2.24) is 0 Å². The molecule has 0 bridgehead atoms. The van der Waals surface area contributed by atoms with Crippen molar-refractivity contribution in [3.63, 3.8) is 0 Å². The molecule has 21 heavy (non-hydrogen) atoms. The van der Waals surface area contributed by atoms with E-state index in [1.54, 1.807) is 0 Å². The third-order valence-corrected chi connectivity index (χ3v) is 2.81. The molecule has 0 saturated carbocycles. The van der Waals surface area contributed by atoms with E-state index in [4.69, 9.17) is 14.6 Å². The molecule has 0 atom stereocenters. The maximum atomic E-state index is 10.8. The number of hydrogen-bond acceptors (Lipinski definition) is 4. The predicted molar refractivity (Wildman–Crippen MR) is 77.2 cm³/mol. The Kier molecular flexibility index (Phi) is 4.66. The van der Waals surface area contributed by atoms with Crippen LogP contribution >= 0.6 is 0 Å². The van der Waals surface area contributed by atoms with Gasteiger partial charge in [0.25, 0.3) is 0 Å². The normalized spacial score (nSPS) is 10.1. The Morgan fingerprint density at radius 1 is 1.05 bits per heavy atom. The summed E-state index contributed by atoms with van der Waals surface area (Å²) >= 11 is 0. The number of benzene rings is 2. The van der Waals surface area contributed by atoms with Crippen LogP contribution in [0.1, 0.15) is 15.9 Å². The third kappa shape index (κ3) is 4.14. The van der Waals surface area contributed by atoms with Crippen LogP contribution < -0.4 is 9.47 Å². The first-order chi connectivity index (χ1) is 10.1. The van der Waals surface area contributed by atoms with E-state index in [1.807, 2.05) is 31.2 Å². The fourth-order valence-electron chi connectivity index (χ4n) is 1.81. The molecule has 0 amide bonds. The summed E-state index contributed by atoms with van der Waals surface area (Å²) in [6, 6.07) is 11.7. The zero-order chi connectivity index (χ0) is 15.2. The number of aryl methyl sites for hydroxylation is 1. The molecule has 2 aromatic rings. The van der Waals surface area contributed by atoms with E-state index in [1.165, 1.54) is 18.2 Å². The largest absolute Gasteiger partial charge is 0.507 e. The number of carboxylic acids is 1. The van der Waals surface area contributed by atoms with Crippen molar-refractivity contribution in [2.45, 2.75) is 6.92 Å². The van der Waals surface area contributed by atoms with Crippen molar-refractivity contribution in [2.24, 2.45) is 0 Å². The number of carbonyl (C=O) groups is 1. The van der Waals surface area contributed by atoms with Crippen LogP contribution in [0.2, 0.25) is 0 Å². The Bertz CT molecular complexity index is 636. The number of aromatic carboxylic acids is 1. The minimum atomic E-state index is -1.18. The van der Waals surface area contributed by atoms with Crippen molar-refractivity contribution >= 4 is 5.97 Å². The zero-order valence-corrected chi connectivity index (χ0v) is 11.6. The third-order valence-electron chi connectivity index (χ3n) is 2.81. The highest BCUT2D eigenvalue weighted by Gasteiger charge is 2.09. The number of carboxylic acid groups (broad SMARTS) is 1. The van der Waals surface area contributed by atoms with E-state index < -0.39 is 5.97 Å². The van der Waals surface area contributed by atoms with Gasteiger partial charge in [0, 0.05) is 6.07 Å². The molecule has 0 aliphatic carbocycles. The summed E-state index contributed by atoms with van der Waals surface area (Å²) in [6.07, 6.45) is 0. The van der Waals surface area contributed by atoms with Gasteiger partial charge in [-0.05, 0) is 36.8 Å². The summed E-state index contributed by atoms with van der Waals surface area (Å²) in [5, 5.41) is 18.3. The van der Waals surface area contributed by atoms with Gasteiger partial charge in [0.1, 0.15) is 36.0 Å². The first-order valence-corrected chi connectivity index (χ1v) is 6.45. The molecule has 5 heteroatoms. The van der Waals surface area contributed by atoms with Gasteiger partial charge in [-0.2, -0.15) is 0 Å². The lowest BCUT2D eigenvalue weighted by Crippen LogP contribution is -2.09. The van der Waals surface area contributed by atoms with Crippen LogP contribution in [-0.4, -0.2) is 29.4 Å². The number of ether oxygens (including phenoxy) is 2. The number of hydrogen-bond donors (Lipinski definition) is 2. The van der Waals surface area contributed by atoms with E-state index in [9.17, 15) is 9.90 Å². The minimum absolute atomic E-state index is 0.154. The summed E-state index contributed by atoms with van der Waals surface area (Å²) in [7, 11) is 0. The van der Waals surface area contributed by atoms with Gasteiger partial charge >= 0.3 is 5.97 Å². The summed E-state index contributed by atoms with van der Waals surface area (Å²) in [6.45, 7) is 2.63. The SMILES string of the molecule is Cc1cccc(OCCOc2ccc(C(=O)O)c(O)c2)c1. The van der Waals surface area contributed by atoms with Gasteiger partial charge in [-0.25, -0.2) is 4.79 Å². The summed E-state index contributed by atoms with van der Waals surface area (Å²) in [4.78, 5) is 10.8. The summed E-state index contributed by atoms with van der Waals surface area (Å²) < 4.78 is 10.9. The summed E-state index contributed by atoms with van der Waals surface area (Å²) in [5.41, 5.74) is 0.959. The Morgan fingerprint density at radius 2 is 1.71 bits per heavy atom. The first-order valence-electron chi connectivity index (χ1n) is 6.45. The van der Waals surface area contributed by atoms with Gasteiger partial charge in [0.05, 0.1) is 0 Å². The smallest absolute Gasteiger partial charge is 0.339 e. The molecule has 0 aliphatic rings. The van der Waals surface area contributed by atoms with Crippen molar-refractivity contribution in [3.05, 3.63) is 53.6 Å². The Labute approximate surface area is 122 Å². The lowest BCUT2D eigenvalue weighted by atomic mass is 10.2. The molecule has 0 radical (unpaired) electrons. The Hall–Kier alpha value is -2.69. The van der Waals surface area contributed by atoms with E-state index in [-0.39, 0.29) is 11.3 Å². The molecule has 110 valence electrons. The fourth-order valence-corrected chi connectivity index (χ4v) is 1.81. The lowest BCUT2D eigenvalue weighted by molar-refractivity contribution is 0.0693. The topological polar surface area (TPSA) is 76.0 Å². The van der Waals surface area contributed by atoms with Gasteiger partial charge in [-0.15, -0.1) is 0 Å². The quantitative estimate of drug-likeness (QED) is 0.799. The van der Waals surface area contributed by atoms with Crippen LogP contribution in [0.5, 0.6) is 17.2 Å². The minimum Gasteiger partial charge on any atom is -0.507 e. The maximum Gasteiger partial charge on any atom is 0.339 e. The van der Waals surface area contributed by atoms with Gasteiger partial charge in [0.15, 0.2) is 0 Å². The first kappa shape index (κ1) is 14.7. The highest BCUT2D eigenvalue weighted by molar-refractivity contribution is 5.90. The molecule has 0 heterocycles. The highest BCUT2D eigenvalue weighted by Crippen LogP contribution is 2.23. The molecule has 0 spiro atoms. The molecule has 2 rings (SSSR count). The molecule has 0 saturated heterocycles. The van der Waals surface area contributed by atoms with E-state index in [0.29, 0.717) is 19.0 Å². The van der Waals surface area contributed by atoms with Crippen molar-refractivity contribution in [2.75, 3.05) is 13.2 Å². The van der Waals surface area contributed by atoms with E-state index in [0.717, 1.165) is 11.3 Å². The molecule has 0 aliphatic heterocycles. The monoisotopic (exact) mass is 288 g/mol. The van der Waals surface area contributed by atoms with E-state index >= 15 is 0 Å². The van der Waals surface area contributed by atoms with Gasteiger partial charge < -0.3 is 19.7 Å². The second-order valence-corrected chi connectivity index (χ2v) is 4.50. The number of rotatable bonds is 6. The van der Waals surface area contributed by atoms with Gasteiger partial charge in [-0.3, -0.25) is 0 Å². The van der Waals surface area contributed by atoms with Crippen LogP contribution in [0.3, 0.4) is 0 Å². The highest BCUT2D eigenvalue weighted by atomic mass is 16.5. The molecule has 5 nitrogen and oxygen atoms in total. The molecule has 0 unspecified atom stereocenters. The van der Waals surface area contributed by atoms with Crippen molar-refractivity contribution in [3.8, 4) is 17.2 Å². The van der Waals surface area contributed by atoms with Crippen LogP contribution in [0.4, 0.5) is 0 Å². The fraction of sp³-hybridized carbons (Fsp3) is 0.188. The average Bonchev–Trinajstić information content (AvgIpc) is 2.43. The van der Waals surface area contributed by atoms with E-state index in [2.05, 4.69) is 0 Å². The molecule has 0 aromatic heterocycles. The van der Waals surface area contributed by atoms with Crippen molar-refractivity contribution in [1.29, 1.82) is 0 Å². The number of phenols is 1. The Morgan fingerprint density at radius 3 is 2.29 bits per heavy atom. The number of aromatic hydroxyl groups is 1. The molecular formula is C16H16O5. The molecular weight excluding hydrogens is 272 g/mol. The van der Waals surface area contributed by atoms with Crippen LogP contribution in [-0.2, 0) is 0 Å². The van der Waals surface area contributed by atoms with Gasteiger partial charge in [0.2, 0.25) is 0 Å². The van der Waals surface area contributed by atoms with Gasteiger partial charge in [-0.1, -0.05) is 12.1 Å². The zero-order valence-electron chi connectivity index (χ0n) is 11.6. The lowest BCUT2D eigenvalue weighted by Gasteiger charge is -2.09. The second-order valence-electron chi connectivity index (χ2n) is 4.50. The van der Waals surface area contributed by atoms with Crippen LogP contribution in [0, 0.1) is 6.92 Å². The molecule has 2 aromatic carbocycles. The average molecular weight is 288 g/mol. The Balaban J connectivity index is 1.84. The standard InChI is InChI=1S/C16H16O5/c1-11-3-2-4-12(9-11)20-7-8-21-13-5-6-14(16(18)19)15(17)10-13/h2-6,9-10,17H,7-8H2,1H3,(H,18,19). The predicted octanol–water partition coefficient (Wildman–Crippen LogP) is 2.86. The van der Waals surface area contributed by atoms with Crippen LogP contribution in [0.25, 0.3) is 0 Å². The summed E-state index contributed by atoms with van der Waals surface area (Å²) in [5.74, 6) is -0.338.